The van der Waals surface area contributed by atoms with Crippen molar-refractivity contribution in [3.05, 3.63) is 86.2 Å². The Morgan fingerprint density at radius 1 is 1.11 bits per heavy atom. The first-order chi connectivity index (χ1) is 17.3. The van der Waals surface area contributed by atoms with Crippen molar-refractivity contribution >= 4 is 23.0 Å². The van der Waals surface area contributed by atoms with E-state index in [0.717, 1.165) is 38.7 Å². The van der Waals surface area contributed by atoms with Gasteiger partial charge < -0.3 is 14.3 Å². The lowest BCUT2D eigenvalue weighted by Gasteiger charge is -2.31. The number of aromatic nitrogens is 2. The quantitative estimate of drug-likeness (QED) is 0.497. The SMILES string of the molecule is O=C(Cn1cc(C(F)(F)F)ccc1=O)N1CCC(c2nc(C3=NOC(c4ccccc4)C3)cs2)CC1. The number of rotatable bonds is 5. The van der Waals surface area contributed by atoms with Gasteiger partial charge in [-0.3, -0.25) is 9.59 Å². The molecule has 5 rings (SSSR count). The summed E-state index contributed by atoms with van der Waals surface area (Å²) in [6, 6.07) is 11.5. The fourth-order valence-corrected chi connectivity index (χ4v) is 5.43. The van der Waals surface area contributed by atoms with Crippen molar-refractivity contribution in [2.75, 3.05) is 13.1 Å². The van der Waals surface area contributed by atoms with Gasteiger partial charge in [0.15, 0.2) is 6.10 Å². The molecule has 0 N–H and O–H groups in total. The number of carbonyl (C=O) groups is 1. The van der Waals surface area contributed by atoms with Gasteiger partial charge in [-0.1, -0.05) is 35.5 Å². The van der Waals surface area contributed by atoms with Crippen LogP contribution < -0.4 is 5.56 Å². The third-order valence-electron chi connectivity index (χ3n) is 6.47. The zero-order chi connectivity index (χ0) is 25.3. The van der Waals surface area contributed by atoms with Crippen LogP contribution in [0.3, 0.4) is 0 Å². The van der Waals surface area contributed by atoms with Gasteiger partial charge in [-0.2, -0.15) is 13.2 Å². The fraction of sp³-hybridized carbons (Fsp3) is 0.360. The van der Waals surface area contributed by atoms with Gasteiger partial charge in [0.2, 0.25) is 5.91 Å². The Bertz CT molecular complexity index is 1330. The number of hydrogen-bond donors (Lipinski definition) is 0. The van der Waals surface area contributed by atoms with E-state index in [1.807, 2.05) is 35.7 Å². The van der Waals surface area contributed by atoms with Gasteiger partial charge in [-0.25, -0.2) is 4.98 Å². The molecular weight excluding hydrogens is 493 g/mol. The topological polar surface area (TPSA) is 76.8 Å². The van der Waals surface area contributed by atoms with Crippen molar-refractivity contribution in [1.82, 2.24) is 14.5 Å². The Kier molecular flexibility index (Phi) is 6.65. The molecule has 11 heteroatoms. The lowest BCUT2D eigenvalue weighted by molar-refractivity contribution is -0.139. The van der Waals surface area contributed by atoms with Crippen LogP contribution in [0.5, 0.6) is 0 Å². The van der Waals surface area contributed by atoms with Crippen LogP contribution in [-0.2, 0) is 22.4 Å². The van der Waals surface area contributed by atoms with Crippen LogP contribution in [-0.4, -0.2) is 39.2 Å². The molecule has 0 saturated carbocycles. The number of thiazole rings is 1. The summed E-state index contributed by atoms with van der Waals surface area (Å²) in [5.41, 5.74) is 1.08. The van der Waals surface area contributed by atoms with Crippen molar-refractivity contribution in [3.8, 4) is 0 Å². The minimum atomic E-state index is -4.58. The molecule has 1 amide bonds. The van der Waals surface area contributed by atoms with Crippen LogP contribution in [0.1, 0.15) is 53.1 Å². The highest BCUT2D eigenvalue weighted by Crippen LogP contribution is 2.34. The minimum absolute atomic E-state index is 0.120. The maximum Gasteiger partial charge on any atom is 0.417 e. The number of amides is 1. The third kappa shape index (κ3) is 5.20. The number of likely N-dealkylation sites (tertiary alicyclic amines) is 1. The van der Waals surface area contributed by atoms with Crippen molar-refractivity contribution in [1.29, 1.82) is 0 Å². The van der Waals surface area contributed by atoms with Crippen molar-refractivity contribution in [2.45, 2.75) is 44.0 Å². The predicted octanol–water partition coefficient (Wildman–Crippen LogP) is 4.60. The average Bonchev–Trinajstić information content (AvgIpc) is 3.56. The first-order valence-electron chi connectivity index (χ1n) is 11.6. The number of pyridine rings is 1. The molecule has 1 atom stereocenters. The van der Waals surface area contributed by atoms with Gasteiger partial charge in [0.05, 0.1) is 16.3 Å². The predicted molar refractivity (Wildman–Crippen MR) is 128 cm³/mol. The van der Waals surface area contributed by atoms with Gasteiger partial charge in [0.25, 0.3) is 5.56 Å². The summed E-state index contributed by atoms with van der Waals surface area (Å²) >= 11 is 1.56. The highest BCUT2D eigenvalue weighted by molar-refractivity contribution is 7.10. The maximum absolute atomic E-state index is 13.0. The number of hydrogen-bond acceptors (Lipinski definition) is 6. The standard InChI is InChI=1S/C25H23F3N4O3S/c26-25(27,28)18-6-7-22(33)32(13-18)14-23(34)31-10-8-17(9-11-31)24-29-20(15-36-24)19-12-21(35-30-19)16-4-2-1-3-5-16/h1-7,13,15,17,21H,8-12,14H2. The Hall–Kier alpha value is -3.47. The number of piperidine rings is 1. The zero-order valence-electron chi connectivity index (χ0n) is 19.1. The fourth-order valence-electron chi connectivity index (χ4n) is 4.43. The molecular formula is C25H23F3N4O3S. The van der Waals surface area contributed by atoms with Crippen molar-refractivity contribution < 1.29 is 22.8 Å². The van der Waals surface area contributed by atoms with E-state index < -0.39 is 23.8 Å². The highest BCUT2D eigenvalue weighted by Gasteiger charge is 2.32. The second-order valence-corrected chi connectivity index (χ2v) is 9.74. The zero-order valence-corrected chi connectivity index (χ0v) is 20.0. The molecule has 4 heterocycles. The van der Waals surface area contributed by atoms with E-state index in [-0.39, 0.29) is 17.9 Å². The molecule has 2 aliphatic heterocycles. The van der Waals surface area contributed by atoms with E-state index in [2.05, 4.69) is 5.16 Å². The second-order valence-electron chi connectivity index (χ2n) is 8.85. The summed E-state index contributed by atoms with van der Waals surface area (Å²) in [6.07, 6.45) is -1.98. The molecule has 3 aromatic rings. The third-order valence-corrected chi connectivity index (χ3v) is 7.48. The molecule has 0 aliphatic carbocycles. The lowest BCUT2D eigenvalue weighted by Crippen LogP contribution is -2.41. The van der Waals surface area contributed by atoms with E-state index in [4.69, 9.17) is 9.82 Å². The van der Waals surface area contributed by atoms with Crippen LogP contribution in [0, 0.1) is 0 Å². The smallest absolute Gasteiger partial charge is 0.387 e. The molecule has 2 aromatic heterocycles. The molecule has 188 valence electrons. The largest absolute Gasteiger partial charge is 0.417 e. The number of nitrogens with zero attached hydrogens (tertiary/aromatic N) is 4. The molecule has 0 spiro atoms. The maximum atomic E-state index is 13.0. The first kappa shape index (κ1) is 24.2. The normalized spacial score (nSPS) is 18.7. The Balaban J connectivity index is 1.17. The van der Waals surface area contributed by atoms with Crippen LogP contribution in [0.2, 0.25) is 0 Å². The summed E-state index contributed by atoms with van der Waals surface area (Å²) in [7, 11) is 0. The number of halogens is 3. The average molecular weight is 517 g/mol. The Morgan fingerprint density at radius 3 is 2.58 bits per heavy atom. The molecule has 1 aromatic carbocycles. The van der Waals surface area contributed by atoms with Crippen LogP contribution in [0.15, 0.2) is 64.0 Å². The van der Waals surface area contributed by atoms with Gasteiger partial charge in [0, 0.05) is 43.1 Å². The summed E-state index contributed by atoms with van der Waals surface area (Å²) < 4.78 is 39.7. The van der Waals surface area contributed by atoms with Gasteiger partial charge in [-0.15, -0.1) is 11.3 Å². The van der Waals surface area contributed by atoms with E-state index in [1.165, 1.54) is 0 Å². The van der Waals surface area contributed by atoms with E-state index in [1.54, 1.807) is 16.2 Å². The molecule has 1 fully saturated rings. The molecule has 0 radical (unpaired) electrons. The van der Waals surface area contributed by atoms with Crippen LogP contribution in [0.25, 0.3) is 0 Å². The lowest BCUT2D eigenvalue weighted by atomic mass is 9.97. The molecule has 7 nitrogen and oxygen atoms in total. The summed E-state index contributed by atoms with van der Waals surface area (Å²) in [4.78, 5) is 36.6. The number of oxime groups is 1. The molecule has 0 bridgehead atoms. The molecule has 1 saturated heterocycles. The number of benzene rings is 1. The monoisotopic (exact) mass is 516 g/mol. The van der Waals surface area contributed by atoms with Crippen molar-refractivity contribution in [2.24, 2.45) is 5.16 Å². The van der Waals surface area contributed by atoms with E-state index >= 15 is 0 Å². The molecule has 2 aliphatic rings. The molecule has 1 unspecified atom stereocenters. The number of alkyl halides is 3. The van der Waals surface area contributed by atoms with E-state index in [0.29, 0.717) is 38.5 Å². The van der Waals surface area contributed by atoms with Crippen molar-refractivity contribution in [3.63, 3.8) is 0 Å². The summed E-state index contributed by atoms with van der Waals surface area (Å²) in [5.74, 6) is -0.198. The second kappa shape index (κ2) is 9.88. The summed E-state index contributed by atoms with van der Waals surface area (Å²) in [6.45, 7) is 0.482. The van der Waals surface area contributed by atoms with Crippen LogP contribution >= 0.6 is 11.3 Å². The minimum Gasteiger partial charge on any atom is -0.387 e. The van der Waals surface area contributed by atoms with E-state index in [9.17, 15) is 22.8 Å². The molecule has 36 heavy (non-hydrogen) atoms. The van der Waals surface area contributed by atoms with Gasteiger partial charge >= 0.3 is 6.18 Å². The van der Waals surface area contributed by atoms with Gasteiger partial charge in [0.1, 0.15) is 12.3 Å². The Morgan fingerprint density at radius 2 is 1.86 bits per heavy atom. The first-order valence-corrected chi connectivity index (χ1v) is 12.4. The highest BCUT2D eigenvalue weighted by atomic mass is 32.1. The van der Waals surface area contributed by atoms with Gasteiger partial charge in [-0.05, 0) is 24.5 Å². The van der Waals surface area contributed by atoms with Crippen LogP contribution in [0.4, 0.5) is 13.2 Å². The summed E-state index contributed by atoms with van der Waals surface area (Å²) in [5, 5.41) is 7.18. The Labute approximate surface area is 208 Å². The number of carbonyl (C=O) groups excluding carboxylic acids is 1.